The molecule has 0 aromatic heterocycles. The van der Waals surface area contributed by atoms with Crippen LogP contribution in [0.25, 0.3) is 0 Å². The maximum Gasteiger partial charge on any atom is 0.307 e. The standard InChI is InChI=1S/C15H21FN2O2/c1-2-20-15(19)6-7-17-8-10-18(11-9-17)14-5-3-4-13(16)12-14/h3-5,12H,2,6-11H2,1H3. The number of benzene rings is 1. The number of carbonyl (C=O) groups is 1. The molecule has 1 aliphatic heterocycles. The lowest BCUT2D eigenvalue weighted by molar-refractivity contribution is -0.143. The summed E-state index contributed by atoms with van der Waals surface area (Å²) in [6.45, 7) is 6.46. The minimum Gasteiger partial charge on any atom is -0.466 e. The number of carbonyl (C=O) groups excluding carboxylic acids is 1. The van der Waals surface area contributed by atoms with E-state index in [9.17, 15) is 9.18 Å². The molecule has 0 amide bonds. The molecule has 1 aromatic carbocycles. The Morgan fingerprint density at radius 1 is 1.30 bits per heavy atom. The van der Waals surface area contributed by atoms with Crippen LogP contribution in [0.2, 0.25) is 0 Å². The van der Waals surface area contributed by atoms with Crippen LogP contribution in [0.3, 0.4) is 0 Å². The Balaban J connectivity index is 1.76. The molecule has 0 bridgehead atoms. The molecule has 0 saturated carbocycles. The Bertz CT molecular complexity index is 445. The topological polar surface area (TPSA) is 32.8 Å². The van der Waals surface area contributed by atoms with Crippen molar-refractivity contribution in [1.82, 2.24) is 4.90 Å². The van der Waals surface area contributed by atoms with Crippen molar-refractivity contribution in [2.24, 2.45) is 0 Å². The number of hydrogen-bond donors (Lipinski definition) is 0. The zero-order chi connectivity index (χ0) is 14.4. The molecule has 5 heteroatoms. The zero-order valence-electron chi connectivity index (χ0n) is 11.8. The monoisotopic (exact) mass is 280 g/mol. The summed E-state index contributed by atoms with van der Waals surface area (Å²) in [5.41, 5.74) is 0.926. The molecule has 1 heterocycles. The SMILES string of the molecule is CCOC(=O)CCN1CCN(c2cccc(F)c2)CC1. The first-order valence-corrected chi connectivity index (χ1v) is 7.07. The summed E-state index contributed by atoms with van der Waals surface area (Å²) in [7, 11) is 0. The van der Waals surface area contributed by atoms with Crippen molar-refractivity contribution in [1.29, 1.82) is 0 Å². The average molecular weight is 280 g/mol. The molecule has 2 rings (SSSR count). The minimum absolute atomic E-state index is 0.139. The quantitative estimate of drug-likeness (QED) is 0.771. The van der Waals surface area contributed by atoms with Crippen molar-refractivity contribution >= 4 is 11.7 Å². The third-order valence-corrected chi connectivity index (χ3v) is 3.48. The fourth-order valence-corrected chi connectivity index (χ4v) is 2.39. The van der Waals surface area contributed by atoms with Gasteiger partial charge in [0.2, 0.25) is 0 Å². The molecule has 1 aromatic rings. The summed E-state index contributed by atoms with van der Waals surface area (Å²) < 4.78 is 18.1. The maximum atomic E-state index is 13.2. The largest absolute Gasteiger partial charge is 0.466 e. The summed E-state index contributed by atoms with van der Waals surface area (Å²) in [4.78, 5) is 15.7. The molecule has 1 aliphatic rings. The van der Waals surface area contributed by atoms with Crippen molar-refractivity contribution < 1.29 is 13.9 Å². The van der Waals surface area contributed by atoms with E-state index in [1.54, 1.807) is 12.1 Å². The van der Waals surface area contributed by atoms with Gasteiger partial charge in [-0.3, -0.25) is 9.69 Å². The van der Waals surface area contributed by atoms with Crippen molar-refractivity contribution in [3.05, 3.63) is 30.1 Å². The highest BCUT2D eigenvalue weighted by Crippen LogP contribution is 2.17. The molecule has 1 saturated heterocycles. The number of anilines is 1. The Morgan fingerprint density at radius 3 is 2.70 bits per heavy atom. The van der Waals surface area contributed by atoms with Crippen molar-refractivity contribution in [3.63, 3.8) is 0 Å². The van der Waals surface area contributed by atoms with E-state index in [-0.39, 0.29) is 11.8 Å². The van der Waals surface area contributed by atoms with Gasteiger partial charge in [0.1, 0.15) is 5.82 Å². The Hall–Kier alpha value is -1.62. The first-order valence-electron chi connectivity index (χ1n) is 7.07. The molecule has 0 spiro atoms. The van der Waals surface area contributed by atoms with Crippen LogP contribution >= 0.6 is 0 Å². The van der Waals surface area contributed by atoms with Gasteiger partial charge in [-0.05, 0) is 25.1 Å². The van der Waals surface area contributed by atoms with Gasteiger partial charge in [0.15, 0.2) is 0 Å². The number of piperazine rings is 1. The number of ether oxygens (including phenoxy) is 1. The van der Waals surface area contributed by atoms with Crippen molar-refractivity contribution in [2.75, 3.05) is 44.2 Å². The molecule has 0 radical (unpaired) electrons. The second-order valence-electron chi connectivity index (χ2n) is 4.86. The van der Waals surface area contributed by atoms with Crippen molar-refractivity contribution in [2.45, 2.75) is 13.3 Å². The van der Waals surface area contributed by atoms with Crippen LogP contribution in [0.5, 0.6) is 0 Å². The summed E-state index contributed by atoms with van der Waals surface area (Å²) >= 11 is 0. The van der Waals surface area contributed by atoms with E-state index in [4.69, 9.17) is 4.74 Å². The van der Waals surface area contributed by atoms with Crippen LogP contribution in [0.4, 0.5) is 10.1 Å². The molecule has 20 heavy (non-hydrogen) atoms. The van der Waals surface area contributed by atoms with Crippen LogP contribution in [0, 0.1) is 5.82 Å². The second kappa shape index (κ2) is 7.24. The predicted molar refractivity (Wildman–Crippen MR) is 76.3 cm³/mol. The smallest absolute Gasteiger partial charge is 0.307 e. The molecule has 0 unspecified atom stereocenters. The molecule has 0 aliphatic carbocycles. The lowest BCUT2D eigenvalue weighted by Gasteiger charge is -2.35. The number of rotatable bonds is 5. The minimum atomic E-state index is -0.202. The molecule has 0 atom stereocenters. The van der Waals surface area contributed by atoms with Gasteiger partial charge in [0.05, 0.1) is 13.0 Å². The highest BCUT2D eigenvalue weighted by atomic mass is 19.1. The second-order valence-corrected chi connectivity index (χ2v) is 4.86. The van der Waals surface area contributed by atoms with Gasteiger partial charge in [-0.25, -0.2) is 4.39 Å². The summed E-state index contributed by atoms with van der Waals surface area (Å²) in [5, 5.41) is 0. The van der Waals surface area contributed by atoms with E-state index in [1.807, 2.05) is 13.0 Å². The molecular weight excluding hydrogens is 259 g/mol. The molecule has 110 valence electrons. The third-order valence-electron chi connectivity index (χ3n) is 3.48. The van der Waals surface area contributed by atoms with E-state index in [0.717, 1.165) is 38.4 Å². The fourth-order valence-electron chi connectivity index (χ4n) is 2.39. The van der Waals surface area contributed by atoms with E-state index in [1.165, 1.54) is 6.07 Å². The van der Waals surface area contributed by atoms with Crippen molar-refractivity contribution in [3.8, 4) is 0 Å². The molecular formula is C15H21FN2O2. The van der Waals surface area contributed by atoms with Gasteiger partial charge in [0.25, 0.3) is 0 Å². The predicted octanol–water partition coefficient (Wildman–Crippen LogP) is 1.90. The van der Waals surface area contributed by atoms with Gasteiger partial charge >= 0.3 is 5.97 Å². The highest BCUT2D eigenvalue weighted by Gasteiger charge is 2.18. The number of halogens is 1. The number of hydrogen-bond acceptors (Lipinski definition) is 4. The van der Waals surface area contributed by atoms with E-state index < -0.39 is 0 Å². The number of esters is 1. The van der Waals surface area contributed by atoms with Crippen LogP contribution in [0.1, 0.15) is 13.3 Å². The molecule has 0 N–H and O–H groups in total. The zero-order valence-corrected chi connectivity index (χ0v) is 11.8. The lowest BCUT2D eigenvalue weighted by atomic mass is 10.2. The maximum absolute atomic E-state index is 13.2. The lowest BCUT2D eigenvalue weighted by Crippen LogP contribution is -2.47. The normalized spacial score (nSPS) is 16.2. The van der Waals surface area contributed by atoms with Crippen LogP contribution in [-0.4, -0.2) is 50.2 Å². The Morgan fingerprint density at radius 2 is 2.05 bits per heavy atom. The Kier molecular flexibility index (Phi) is 5.35. The van der Waals surface area contributed by atoms with Crippen LogP contribution in [-0.2, 0) is 9.53 Å². The van der Waals surface area contributed by atoms with E-state index in [0.29, 0.717) is 13.0 Å². The average Bonchev–Trinajstić information content (AvgIpc) is 2.46. The van der Waals surface area contributed by atoms with Crippen LogP contribution in [0.15, 0.2) is 24.3 Å². The van der Waals surface area contributed by atoms with Gasteiger partial charge in [-0.1, -0.05) is 6.07 Å². The first kappa shape index (κ1) is 14.8. The van der Waals surface area contributed by atoms with Crippen LogP contribution < -0.4 is 4.90 Å². The Labute approximate surface area is 119 Å². The highest BCUT2D eigenvalue weighted by molar-refractivity contribution is 5.69. The third kappa shape index (κ3) is 4.20. The van der Waals surface area contributed by atoms with E-state index in [2.05, 4.69) is 9.80 Å². The van der Waals surface area contributed by atoms with Gasteiger partial charge in [-0.2, -0.15) is 0 Å². The molecule has 4 nitrogen and oxygen atoms in total. The summed E-state index contributed by atoms with van der Waals surface area (Å²) in [5.74, 6) is -0.340. The summed E-state index contributed by atoms with van der Waals surface area (Å²) in [6, 6.07) is 6.68. The van der Waals surface area contributed by atoms with Gasteiger partial charge in [0, 0.05) is 38.4 Å². The van der Waals surface area contributed by atoms with E-state index >= 15 is 0 Å². The fraction of sp³-hybridized carbons (Fsp3) is 0.533. The van der Waals surface area contributed by atoms with Gasteiger partial charge < -0.3 is 9.64 Å². The van der Waals surface area contributed by atoms with Gasteiger partial charge in [-0.15, -0.1) is 0 Å². The first-order chi connectivity index (χ1) is 9.69. The summed E-state index contributed by atoms with van der Waals surface area (Å²) in [6.07, 6.45) is 0.438. The molecule has 1 fully saturated rings. The number of nitrogens with zero attached hydrogens (tertiary/aromatic N) is 2.